The average molecular weight is 421 g/mol. The monoisotopic (exact) mass is 420 g/mol. The van der Waals surface area contributed by atoms with E-state index < -0.39 is 0 Å². The first-order chi connectivity index (χ1) is 15.0. The van der Waals surface area contributed by atoms with Crippen molar-refractivity contribution >= 4 is 11.9 Å². The van der Waals surface area contributed by atoms with Gasteiger partial charge in [0.05, 0.1) is 17.4 Å². The number of carbonyl (C=O) groups excluding carboxylic acids is 1. The fourth-order valence-corrected chi connectivity index (χ4v) is 4.19. The molecule has 0 spiro atoms. The number of aromatic nitrogens is 4. The molecule has 162 valence electrons. The number of likely N-dealkylation sites (tertiary alicyclic amines) is 1. The Morgan fingerprint density at radius 2 is 2.03 bits per heavy atom. The van der Waals surface area contributed by atoms with Gasteiger partial charge in [-0.15, -0.1) is 0 Å². The maximum absolute atomic E-state index is 13.2. The van der Waals surface area contributed by atoms with E-state index in [4.69, 9.17) is 9.51 Å². The summed E-state index contributed by atoms with van der Waals surface area (Å²) < 4.78 is 5.24. The number of hydrogen-bond acceptors (Lipinski definition) is 7. The first kappa shape index (κ1) is 21.0. The van der Waals surface area contributed by atoms with Gasteiger partial charge in [-0.1, -0.05) is 5.16 Å². The fraction of sp³-hybridized carbons (Fsp3) is 0.435. The minimum atomic E-state index is -0.0676. The normalized spacial score (nSPS) is 16.0. The number of nitrogens with zero attached hydrogens (tertiary/aromatic N) is 6. The zero-order valence-corrected chi connectivity index (χ0v) is 18.5. The number of rotatable bonds is 6. The van der Waals surface area contributed by atoms with Crippen LogP contribution in [0.4, 0.5) is 5.95 Å². The van der Waals surface area contributed by atoms with Crippen molar-refractivity contribution in [3.63, 3.8) is 0 Å². The van der Waals surface area contributed by atoms with Gasteiger partial charge < -0.3 is 14.3 Å². The number of anilines is 1. The summed E-state index contributed by atoms with van der Waals surface area (Å²) in [6.45, 7) is 4.55. The van der Waals surface area contributed by atoms with Gasteiger partial charge >= 0.3 is 0 Å². The van der Waals surface area contributed by atoms with E-state index in [1.165, 1.54) is 0 Å². The zero-order chi connectivity index (χ0) is 22.0. The lowest BCUT2D eigenvalue weighted by molar-refractivity contribution is -0.132. The molecule has 1 aliphatic heterocycles. The molecule has 3 aromatic rings. The molecule has 31 heavy (non-hydrogen) atoms. The van der Waals surface area contributed by atoms with Crippen LogP contribution in [0.2, 0.25) is 0 Å². The Kier molecular flexibility index (Phi) is 5.97. The van der Waals surface area contributed by atoms with Crippen molar-refractivity contribution in [2.24, 2.45) is 0 Å². The predicted molar refractivity (Wildman–Crippen MR) is 118 cm³/mol. The number of carbonyl (C=O) groups is 1. The molecule has 8 heteroatoms. The number of aryl methyl sites for hydroxylation is 2. The van der Waals surface area contributed by atoms with Crippen molar-refractivity contribution in [1.82, 2.24) is 25.0 Å². The molecular formula is C23H28N6O2. The van der Waals surface area contributed by atoms with Crippen molar-refractivity contribution in [3.8, 4) is 11.1 Å². The lowest BCUT2D eigenvalue weighted by atomic mass is 10.00. The Balaban J connectivity index is 1.63. The van der Waals surface area contributed by atoms with E-state index in [9.17, 15) is 4.79 Å². The lowest BCUT2D eigenvalue weighted by Crippen LogP contribution is -2.32. The van der Waals surface area contributed by atoms with Gasteiger partial charge in [-0.25, -0.2) is 9.97 Å². The summed E-state index contributed by atoms with van der Waals surface area (Å²) in [4.78, 5) is 30.6. The minimum Gasteiger partial charge on any atom is -0.361 e. The van der Waals surface area contributed by atoms with E-state index in [1.807, 2.05) is 56.1 Å². The van der Waals surface area contributed by atoms with Crippen LogP contribution < -0.4 is 4.90 Å². The molecule has 3 aromatic heterocycles. The summed E-state index contributed by atoms with van der Waals surface area (Å²) in [7, 11) is 3.85. The van der Waals surface area contributed by atoms with Crippen LogP contribution in [0.25, 0.3) is 11.1 Å². The number of pyridine rings is 1. The van der Waals surface area contributed by atoms with Crippen LogP contribution in [-0.2, 0) is 11.2 Å². The third kappa shape index (κ3) is 4.28. The molecule has 0 radical (unpaired) electrons. The Labute approximate surface area is 182 Å². The molecule has 1 aliphatic rings. The van der Waals surface area contributed by atoms with E-state index in [0.717, 1.165) is 53.2 Å². The SMILES string of the molecule is Cc1noc(C)c1CCC(=O)N1CCC[C@@H]1c1nc(N(C)C)ncc1-c1ccncc1. The molecule has 0 aromatic carbocycles. The highest BCUT2D eigenvalue weighted by Crippen LogP contribution is 2.37. The molecule has 0 N–H and O–H groups in total. The molecule has 1 atom stereocenters. The summed E-state index contributed by atoms with van der Waals surface area (Å²) in [5.41, 5.74) is 4.73. The van der Waals surface area contributed by atoms with Gasteiger partial charge in [0.1, 0.15) is 5.76 Å². The molecule has 0 bridgehead atoms. The van der Waals surface area contributed by atoms with Crippen LogP contribution in [0.5, 0.6) is 0 Å². The first-order valence-electron chi connectivity index (χ1n) is 10.6. The Bertz CT molecular complexity index is 1040. The van der Waals surface area contributed by atoms with E-state index in [1.54, 1.807) is 12.4 Å². The van der Waals surface area contributed by atoms with Gasteiger partial charge in [0, 0.05) is 56.8 Å². The minimum absolute atomic E-state index is 0.0676. The molecule has 0 unspecified atom stereocenters. The average Bonchev–Trinajstić information content (AvgIpc) is 3.39. The highest BCUT2D eigenvalue weighted by Gasteiger charge is 2.33. The van der Waals surface area contributed by atoms with E-state index in [2.05, 4.69) is 15.1 Å². The smallest absolute Gasteiger partial charge is 0.225 e. The van der Waals surface area contributed by atoms with Crippen LogP contribution >= 0.6 is 0 Å². The molecular weight excluding hydrogens is 392 g/mol. The van der Waals surface area contributed by atoms with Crippen molar-refractivity contribution in [2.75, 3.05) is 25.5 Å². The van der Waals surface area contributed by atoms with Crippen LogP contribution in [-0.4, -0.2) is 51.6 Å². The maximum Gasteiger partial charge on any atom is 0.225 e. The van der Waals surface area contributed by atoms with Gasteiger partial charge in [0.25, 0.3) is 0 Å². The van der Waals surface area contributed by atoms with Crippen molar-refractivity contribution < 1.29 is 9.32 Å². The van der Waals surface area contributed by atoms with Crippen molar-refractivity contribution in [3.05, 3.63) is 53.4 Å². The molecule has 0 aliphatic carbocycles. The second-order valence-electron chi connectivity index (χ2n) is 8.15. The van der Waals surface area contributed by atoms with Crippen LogP contribution in [0, 0.1) is 13.8 Å². The Morgan fingerprint density at radius 1 is 1.26 bits per heavy atom. The maximum atomic E-state index is 13.2. The second-order valence-corrected chi connectivity index (χ2v) is 8.15. The van der Waals surface area contributed by atoms with Gasteiger partial charge in [-0.05, 0) is 50.8 Å². The Hall–Kier alpha value is -3.29. The van der Waals surface area contributed by atoms with Crippen LogP contribution in [0.3, 0.4) is 0 Å². The van der Waals surface area contributed by atoms with Crippen LogP contribution in [0.1, 0.15) is 48.0 Å². The van der Waals surface area contributed by atoms with E-state index in [0.29, 0.717) is 18.8 Å². The molecule has 4 heterocycles. The van der Waals surface area contributed by atoms with Gasteiger partial charge in [-0.2, -0.15) is 0 Å². The van der Waals surface area contributed by atoms with E-state index >= 15 is 0 Å². The summed E-state index contributed by atoms with van der Waals surface area (Å²) in [5, 5.41) is 4.00. The van der Waals surface area contributed by atoms with Gasteiger partial charge in [-0.3, -0.25) is 9.78 Å². The quantitative estimate of drug-likeness (QED) is 0.603. The standard InChI is InChI=1S/C23H28N6O2/c1-15-18(16(2)31-27-15)7-8-21(30)29-13-5-6-20(29)22-19(17-9-11-24-12-10-17)14-25-23(26-22)28(3)4/h9-12,14,20H,5-8,13H2,1-4H3/t20-/m1/s1. The summed E-state index contributed by atoms with van der Waals surface area (Å²) >= 11 is 0. The third-order valence-corrected chi connectivity index (χ3v) is 5.86. The third-order valence-electron chi connectivity index (χ3n) is 5.86. The first-order valence-corrected chi connectivity index (χ1v) is 10.6. The van der Waals surface area contributed by atoms with E-state index in [-0.39, 0.29) is 11.9 Å². The molecule has 4 rings (SSSR count). The molecule has 0 saturated carbocycles. The summed E-state index contributed by atoms with van der Waals surface area (Å²) in [6.07, 6.45) is 8.29. The van der Waals surface area contributed by atoms with Crippen molar-refractivity contribution in [1.29, 1.82) is 0 Å². The Morgan fingerprint density at radius 3 is 2.71 bits per heavy atom. The molecule has 8 nitrogen and oxygen atoms in total. The topological polar surface area (TPSA) is 88.3 Å². The lowest BCUT2D eigenvalue weighted by Gasteiger charge is -2.27. The second kappa shape index (κ2) is 8.83. The van der Waals surface area contributed by atoms with Gasteiger partial charge in [0.15, 0.2) is 0 Å². The van der Waals surface area contributed by atoms with Crippen molar-refractivity contribution in [2.45, 2.75) is 45.6 Å². The summed E-state index contributed by atoms with van der Waals surface area (Å²) in [5.74, 6) is 1.56. The predicted octanol–water partition coefficient (Wildman–Crippen LogP) is 3.51. The summed E-state index contributed by atoms with van der Waals surface area (Å²) in [6, 6.07) is 3.84. The number of amides is 1. The number of hydrogen-bond donors (Lipinski definition) is 0. The molecule has 1 fully saturated rings. The molecule has 1 saturated heterocycles. The van der Waals surface area contributed by atoms with Crippen LogP contribution in [0.15, 0.2) is 35.2 Å². The largest absolute Gasteiger partial charge is 0.361 e. The zero-order valence-electron chi connectivity index (χ0n) is 18.5. The highest BCUT2D eigenvalue weighted by molar-refractivity contribution is 5.78. The molecule has 1 amide bonds. The fourth-order valence-electron chi connectivity index (χ4n) is 4.19. The highest BCUT2D eigenvalue weighted by atomic mass is 16.5. The van der Waals surface area contributed by atoms with Gasteiger partial charge in [0.2, 0.25) is 11.9 Å².